The van der Waals surface area contributed by atoms with Gasteiger partial charge >= 0.3 is 0 Å². The summed E-state index contributed by atoms with van der Waals surface area (Å²) in [5, 5.41) is 8.82. The summed E-state index contributed by atoms with van der Waals surface area (Å²) in [5.41, 5.74) is 3.24. The Balaban J connectivity index is 1.31. The number of rotatable bonds is 6. The molecule has 2 heterocycles. The van der Waals surface area contributed by atoms with E-state index in [1.807, 2.05) is 12.1 Å². The summed E-state index contributed by atoms with van der Waals surface area (Å²) in [6.07, 6.45) is 12.1. The maximum Gasteiger partial charge on any atom is 0.151 e. The summed E-state index contributed by atoms with van der Waals surface area (Å²) in [6.45, 7) is 2.95. The molecule has 2 fully saturated rings. The highest BCUT2D eigenvalue weighted by Gasteiger charge is 2.23. The van der Waals surface area contributed by atoms with Crippen molar-refractivity contribution in [2.75, 3.05) is 19.3 Å². The van der Waals surface area contributed by atoms with Crippen LogP contribution in [0.3, 0.4) is 0 Å². The topological polar surface area (TPSA) is 68.1 Å². The van der Waals surface area contributed by atoms with Crippen LogP contribution < -0.4 is 0 Å². The molecule has 0 unspecified atom stereocenters. The smallest absolute Gasteiger partial charge is 0.151 e. The van der Waals surface area contributed by atoms with Gasteiger partial charge in [-0.25, -0.2) is 13.1 Å². The van der Waals surface area contributed by atoms with Gasteiger partial charge in [0.15, 0.2) is 9.84 Å². The molecule has 0 bridgehead atoms. The third kappa shape index (κ3) is 5.66. The number of piperidine rings is 1. The van der Waals surface area contributed by atoms with Gasteiger partial charge in [0, 0.05) is 12.8 Å². The first-order valence-corrected chi connectivity index (χ1v) is 12.9. The Morgan fingerprint density at radius 3 is 2.55 bits per heavy atom. The first kappa shape index (κ1) is 20.5. The number of sulfone groups is 1. The van der Waals surface area contributed by atoms with Crippen LogP contribution in [0.1, 0.15) is 73.7 Å². The molecule has 7 heteroatoms. The number of aromatic nitrogens is 3. The van der Waals surface area contributed by atoms with Crippen molar-refractivity contribution >= 4 is 9.84 Å². The van der Waals surface area contributed by atoms with Gasteiger partial charge in [-0.2, -0.15) is 0 Å². The van der Waals surface area contributed by atoms with Crippen molar-refractivity contribution in [3.63, 3.8) is 0 Å². The SMILES string of the molecule is CS(=O)(=O)Cc1cccc(C2CCN(Cc3cn(C4CCCCC4)nn3)CC2)c1. The lowest BCUT2D eigenvalue weighted by Crippen LogP contribution is -2.32. The molecular formula is C22H32N4O2S. The van der Waals surface area contributed by atoms with Crippen LogP contribution in [0.5, 0.6) is 0 Å². The van der Waals surface area contributed by atoms with Gasteiger partial charge in [-0.15, -0.1) is 5.10 Å². The van der Waals surface area contributed by atoms with E-state index in [-0.39, 0.29) is 5.75 Å². The monoisotopic (exact) mass is 416 g/mol. The van der Waals surface area contributed by atoms with E-state index in [4.69, 9.17) is 0 Å². The van der Waals surface area contributed by atoms with Gasteiger partial charge in [0.25, 0.3) is 0 Å². The first-order chi connectivity index (χ1) is 14.0. The van der Waals surface area contributed by atoms with Crippen LogP contribution >= 0.6 is 0 Å². The first-order valence-electron chi connectivity index (χ1n) is 10.9. The highest BCUT2D eigenvalue weighted by atomic mass is 32.2. The van der Waals surface area contributed by atoms with Gasteiger partial charge in [-0.1, -0.05) is 48.7 Å². The molecule has 0 amide bonds. The minimum atomic E-state index is -3.00. The molecule has 1 aromatic heterocycles. The average molecular weight is 417 g/mol. The molecule has 158 valence electrons. The van der Waals surface area contributed by atoms with Crippen molar-refractivity contribution in [2.45, 2.75) is 69.2 Å². The Morgan fingerprint density at radius 2 is 1.83 bits per heavy atom. The van der Waals surface area contributed by atoms with Crippen molar-refractivity contribution in [3.05, 3.63) is 47.3 Å². The summed E-state index contributed by atoms with van der Waals surface area (Å²) >= 11 is 0. The molecule has 1 saturated heterocycles. The van der Waals surface area contributed by atoms with Crippen LogP contribution in [-0.2, 0) is 22.1 Å². The predicted octanol–water partition coefficient (Wildman–Crippen LogP) is 3.71. The van der Waals surface area contributed by atoms with Crippen LogP contribution in [-0.4, -0.2) is 47.7 Å². The number of hydrogen-bond acceptors (Lipinski definition) is 5. The Labute approximate surface area is 174 Å². The summed E-state index contributed by atoms with van der Waals surface area (Å²) in [4.78, 5) is 2.46. The number of nitrogens with zero attached hydrogens (tertiary/aromatic N) is 4. The zero-order valence-corrected chi connectivity index (χ0v) is 18.1. The second-order valence-corrected chi connectivity index (χ2v) is 11.0. The van der Waals surface area contributed by atoms with Crippen LogP contribution in [0.4, 0.5) is 0 Å². The Hall–Kier alpha value is -1.73. The molecule has 2 aliphatic rings. The Kier molecular flexibility index (Phi) is 6.35. The lowest BCUT2D eigenvalue weighted by molar-refractivity contribution is 0.202. The van der Waals surface area contributed by atoms with Gasteiger partial charge in [0.2, 0.25) is 0 Å². The van der Waals surface area contributed by atoms with Gasteiger partial charge < -0.3 is 0 Å². The predicted molar refractivity (Wildman–Crippen MR) is 114 cm³/mol. The number of likely N-dealkylation sites (tertiary alicyclic amines) is 1. The van der Waals surface area contributed by atoms with Crippen molar-refractivity contribution in [3.8, 4) is 0 Å². The summed E-state index contributed by atoms with van der Waals surface area (Å²) in [7, 11) is -3.00. The van der Waals surface area contributed by atoms with E-state index >= 15 is 0 Å². The van der Waals surface area contributed by atoms with Crippen LogP contribution in [0.15, 0.2) is 30.5 Å². The van der Waals surface area contributed by atoms with Crippen molar-refractivity contribution in [2.24, 2.45) is 0 Å². The lowest BCUT2D eigenvalue weighted by atomic mass is 9.88. The highest BCUT2D eigenvalue weighted by molar-refractivity contribution is 7.89. The van der Waals surface area contributed by atoms with E-state index in [9.17, 15) is 8.42 Å². The van der Waals surface area contributed by atoms with E-state index in [0.717, 1.165) is 43.7 Å². The fraction of sp³-hybridized carbons (Fsp3) is 0.636. The third-order valence-corrected chi connectivity index (χ3v) is 7.19. The van der Waals surface area contributed by atoms with Gasteiger partial charge in [0.05, 0.1) is 23.7 Å². The van der Waals surface area contributed by atoms with Crippen LogP contribution in [0.25, 0.3) is 0 Å². The fourth-order valence-corrected chi connectivity index (χ4v) is 5.59. The molecule has 0 radical (unpaired) electrons. The normalized spacial score (nSPS) is 20.2. The van der Waals surface area contributed by atoms with Crippen LogP contribution in [0, 0.1) is 0 Å². The molecule has 1 aliphatic heterocycles. The van der Waals surface area contributed by atoms with Crippen molar-refractivity contribution in [1.82, 2.24) is 19.9 Å². The summed E-state index contributed by atoms with van der Waals surface area (Å²) in [6, 6.07) is 8.66. The number of hydrogen-bond donors (Lipinski definition) is 0. The van der Waals surface area contributed by atoms with Gasteiger partial charge in [-0.05, 0) is 55.8 Å². The standard InChI is InChI=1S/C22H32N4O2S/c1-29(27,28)17-18-6-5-7-20(14-18)19-10-12-25(13-11-19)15-21-16-26(24-23-21)22-8-3-2-4-9-22/h5-7,14,16,19,22H,2-4,8-13,15,17H2,1H3. The molecule has 1 saturated carbocycles. The van der Waals surface area contributed by atoms with E-state index in [0.29, 0.717) is 12.0 Å². The second kappa shape index (κ2) is 8.96. The van der Waals surface area contributed by atoms with E-state index < -0.39 is 9.84 Å². The van der Waals surface area contributed by atoms with Gasteiger partial charge in [0.1, 0.15) is 0 Å². The highest BCUT2D eigenvalue weighted by Crippen LogP contribution is 2.30. The minimum absolute atomic E-state index is 0.121. The van der Waals surface area contributed by atoms with Crippen molar-refractivity contribution < 1.29 is 8.42 Å². The maximum absolute atomic E-state index is 11.6. The van der Waals surface area contributed by atoms with Crippen molar-refractivity contribution in [1.29, 1.82) is 0 Å². The Bertz CT molecular complexity index is 910. The molecule has 0 atom stereocenters. The third-order valence-electron chi connectivity index (χ3n) is 6.33. The lowest BCUT2D eigenvalue weighted by Gasteiger charge is -2.31. The molecule has 1 aliphatic carbocycles. The largest absolute Gasteiger partial charge is 0.297 e. The molecule has 6 nitrogen and oxygen atoms in total. The molecule has 0 spiro atoms. The average Bonchev–Trinajstić information content (AvgIpc) is 3.17. The quantitative estimate of drug-likeness (QED) is 0.718. The van der Waals surface area contributed by atoms with Gasteiger partial charge in [-0.3, -0.25) is 4.90 Å². The maximum atomic E-state index is 11.6. The zero-order valence-electron chi connectivity index (χ0n) is 17.3. The Morgan fingerprint density at radius 1 is 1.07 bits per heavy atom. The molecule has 1 aromatic carbocycles. The van der Waals surface area contributed by atoms with E-state index in [1.54, 1.807) is 0 Å². The molecule has 0 N–H and O–H groups in total. The molecule has 2 aromatic rings. The molecule has 29 heavy (non-hydrogen) atoms. The second-order valence-electron chi connectivity index (χ2n) is 8.85. The minimum Gasteiger partial charge on any atom is -0.297 e. The zero-order chi connectivity index (χ0) is 20.3. The number of benzene rings is 1. The molecular weight excluding hydrogens is 384 g/mol. The van der Waals surface area contributed by atoms with Crippen LogP contribution in [0.2, 0.25) is 0 Å². The van der Waals surface area contributed by atoms with E-state index in [1.165, 1.54) is 43.9 Å². The summed E-state index contributed by atoms with van der Waals surface area (Å²) < 4.78 is 25.3. The molecule has 4 rings (SSSR count). The fourth-order valence-electron chi connectivity index (χ4n) is 4.80. The summed E-state index contributed by atoms with van der Waals surface area (Å²) in [5.74, 6) is 0.625. The van der Waals surface area contributed by atoms with E-state index in [2.05, 4.69) is 38.2 Å².